The highest BCUT2D eigenvalue weighted by Crippen LogP contribution is 2.26. The molecule has 2 aromatic rings. The van der Waals surface area contributed by atoms with Gasteiger partial charge in [-0.15, -0.1) is 0 Å². The van der Waals surface area contributed by atoms with Crippen LogP contribution in [0, 0.1) is 12.8 Å². The van der Waals surface area contributed by atoms with E-state index in [4.69, 9.17) is 0 Å². The maximum atomic E-state index is 12.2. The molecule has 0 spiro atoms. The van der Waals surface area contributed by atoms with Crippen LogP contribution >= 0.6 is 0 Å². The van der Waals surface area contributed by atoms with Crippen molar-refractivity contribution in [2.75, 3.05) is 0 Å². The first-order chi connectivity index (χ1) is 7.54. The summed E-state index contributed by atoms with van der Waals surface area (Å²) in [5.41, 5.74) is 3.07. The Morgan fingerprint density at radius 2 is 1.88 bits per heavy atom. The van der Waals surface area contributed by atoms with Gasteiger partial charge in [0.1, 0.15) is 0 Å². The van der Waals surface area contributed by atoms with E-state index < -0.39 is 0 Å². The highest BCUT2D eigenvalue weighted by molar-refractivity contribution is 6.10. The number of hydrogen-bond donors (Lipinski definition) is 0. The number of para-hydroxylation sites is 1. The molecule has 0 aliphatic carbocycles. The molecule has 1 heterocycles. The summed E-state index contributed by atoms with van der Waals surface area (Å²) in [7, 11) is 2.01. The summed E-state index contributed by atoms with van der Waals surface area (Å²) >= 11 is 0. The summed E-state index contributed by atoms with van der Waals surface area (Å²) in [5, 5.41) is 1.07. The quantitative estimate of drug-likeness (QED) is 0.704. The lowest BCUT2D eigenvalue weighted by molar-refractivity contribution is 0.0940. The zero-order valence-electron chi connectivity index (χ0n) is 10.2. The van der Waals surface area contributed by atoms with E-state index in [1.54, 1.807) is 0 Å². The number of carbonyl (C=O) groups is 1. The highest BCUT2D eigenvalue weighted by atomic mass is 16.1. The van der Waals surface area contributed by atoms with Crippen LogP contribution in [0.2, 0.25) is 0 Å². The van der Waals surface area contributed by atoms with Crippen molar-refractivity contribution >= 4 is 16.7 Å². The maximum Gasteiger partial charge on any atom is 0.167 e. The molecule has 0 aliphatic heterocycles. The molecule has 1 aromatic heterocycles. The van der Waals surface area contributed by atoms with Gasteiger partial charge in [-0.2, -0.15) is 0 Å². The fourth-order valence-electron chi connectivity index (χ4n) is 2.12. The standard InChI is InChI=1S/C14H17NO/c1-9(2)14(16)13-10(3)15(4)12-8-6-5-7-11(12)13/h5-9H,1-4H3. The van der Waals surface area contributed by atoms with Crippen molar-refractivity contribution < 1.29 is 4.79 Å². The summed E-state index contributed by atoms with van der Waals surface area (Å²) in [6, 6.07) is 8.07. The fourth-order valence-corrected chi connectivity index (χ4v) is 2.12. The van der Waals surface area contributed by atoms with Crippen LogP contribution in [-0.2, 0) is 7.05 Å². The van der Waals surface area contributed by atoms with Crippen molar-refractivity contribution in [2.24, 2.45) is 13.0 Å². The lowest BCUT2D eigenvalue weighted by Gasteiger charge is -2.04. The van der Waals surface area contributed by atoms with Crippen molar-refractivity contribution in [1.82, 2.24) is 4.57 Å². The first kappa shape index (κ1) is 10.9. The summed E-state index contributed by atoms with van der Waals surface area (Å²) < 4.78 is 2.09. The SMILES string of the molecule is Cc1c(C(=O)C(C)C)c2ccccc2n1C. The minimum absolute atomic E-state index is 0.0458. The molecule has 0 bridgehead atoms. The molecule has 2 rings (SSSR count). The molecule has 0 amide bonds. The van der Waals surface area contributed by atoms with E-state index in [9.17, 15) is 4.79 Å². The second-order valence-corrected chi connectivity index (χ2v) is 4.56. The Hall–Kier alpha value is -1.57. The largest absolute Gasteiger partial charge is 0.347 e. The molecule has 1 aromatic carbocycles. The van der Waals surface area contributed by atoms with Gasteiger partial charge in [-0.25, -0.2) is 0 Å². The Labute approximate surface area is 95.9 Å². The number of hydrogen-bond acceptors (Lipinski definition) is 1. The number of aromatic nitrogens is 1. The monoisotopic (exact) mass is 215 g/mol. The van der Waals surface area contributed by atoms with E-state index in [-0.39, 0.29) is 11.7 Å². The number of Topliss-reactive ketones (excluding diaryl/α,β-unsaturated/α-hetero) is 1. The van der Waals surface area contributed by atoms with Gasteiger partial charge in [-0.3, -0.25) is 4.79 Å². The van der Waals surface area contributed by atoms with Crippen LogP contribution in [-0.4, -0.2) is 10.4 Å². The zero-order chi connectivity index (χ0) is 11.9. The first-order valence-electron chi connectivity index (χ1n) is 5.62. The lowest BCUT2D eigenvalue weighted by Crippen LogP contribution is -2.09. The number of aryl methyl sites for hydroxylation is 1. The number of rotatable bonds is 2. The third kappa shape index (κ3) is 1.45. The topological polar surface area (TPSA) is 22.0 Å². The minimum Gasteiger partial charge on any atom is -0.347 e. The average Bonchev–Trinajstić information content (AvgIpc) is 2.52. The number of ketones is 1. The highest BCUT2D eigenvalue weighted by Gasteiger charge is 2.19. The summed E-state index contributed by atoms with van der Waals surface area (Å²) in [5.74, 6) is 0.277. The fraction of sp³-hybridized carbons (Fsp3) is 0.357. The van der Waals surface area contributed by atoms with Gasteiger partial charge >= 0.3 is 0 Å². The van der Waals surface area contributed by atoms with Crippen LogP contribution in [0.4, 0.5) is 0 Å². The van der Waals surface area contributed by atoms with Gasteiger partial charge < -0.3 is 4.57 Å². The van der Waals surface area contributed by atoms with E-state index in [0.717, 1.165) is 22.2 Å². The molecule has 16 heavy (non-hydrogen) atoms. The Balaban J connectivity index is 2.79. The van der Waals surface area contributed by atoms with Crippen LogP contribution < -0.4 is 0 Å². The Morgan fingerprint density at radius 3 is 2.50 bits per heavy atom. The summed E-state index contributed by atoms with van der Waals surface area (Å²) in [6.45, 7) is 5.91. The van der Waals surface area contributed by atoms with E-state index in [1.165, 1.54) is 0 Å². The van der Waals surface area contributed by atoms with Gasteiger partial charge in [0, 0.05) is 35.1 Å². The van der Waals surface area contributed by atoms with Crippen LogP contribution in [0.25, 0.3) is 10.9 Å². The lowest BCUT2D eigenvalue weighted by atomic mass is 9.98. The zero-order valence-corrected chi connectivity index (χ0v) is 10.2. The van der Waals surface area contributed by atoms with Crippen LogP contribution in [0.3, 0.4) is 0 Å². The minimum atomic E-state index is 0.0458. The molecule has 0 atom stereocenters. The van der Waals surface area contributed by atoms with Gasteiger partial charge in [0.2, 0.25) is 0 Å². The summed E-state index contributed by atoms with van der Waals surface area (Å²) in [6.07, 6.45) is 0. The van der Waals surface area contributed by atoms with Crippen LogP contribution in [0.5, 0.6) is 0 Å². The predicted molar refractivity (Wildman–Crippen MR) is 66.8 cm³/mol. The van der Waals surface area contributed by atoms with Crippen molar-refractivity contribution in [1.29, 1.82) is 0 Å². The summed E-state index contributed by atoms with van der Waals surface area (Å²) in [4.78, 5) is 12.2. The second-order valence-electron chi connectivity index (χ2n) is 4.56. The van der Waals surface area contributed by atoms with Crippen molar-refractivity contribution in [3.63, 3.8) is 0 Å². The smallest absolute Gasteiger partial charge is 0.167 e. The second kappa shape index (κ2) is 3.78. The van der Waals surface area contributed by atoms with Crippen molar-refractivity contribution in [3.8, 4) is 0 Å². The molecular formula is C14H17NO. The molecule has 0 N–H and O–H groups in total. The van der Waals surface area contributed by atoms with Crippen molar-refractivity contribution in [2.45, 2.75) is 20.8 Å². The predicted octanol–water partition coefficient (Wildman–Crippen LogP) is 3.33. The molecule has 0 radical (unpaired) electrons. The molecule has 0 aliphatic rings. The van der Waals surface area contributed by atoms with E-state index in [0.29, 0.717) is 0 Å². The van der Waals surface area contributed by atoms with Gasteiger partial charge in [0.05, 0.1) is 0 Å². The molecular weight excluding hydrogens is 198 g/mol. The third-order valence-electron chi connectivity index (χ3n) is 3.17. The first-order valence-corrected chi connectivity index (χ1v) is 5.62. The van der Waals surface area contributed by atoms with Gasteiger partial charge in [-0.1, -0.05) is 32.0 Å². The van der Waals surface area contributed by atoms with E-state index in [2.05, 4.69) is 10.6 Å². The van der Waals surface area contributed by atoms with Gasteiger partial charge in [0.15, 0.2) is 5.78 Å². The normalized spacial score (nSPS) is 11.3. The Kier molecular flexibility index (Phi) is 2.58. The Morgan fingerprint density at radius 1 is 1.25 bits per heavy atom. The van der Waals surface area contributed by atoms with E-state index >= 15 is 0 Å². The molecule has 84 valence electrons. The van der Waals surface area contributed by atoms with E-state index in [1.807, 2.05) is 46.0 Å². The Bertz CT molecular complexity index is 549. The van der Waals surface area contributed by atoms with Crippen molar-refractivity contribution in [3.05, 3.63) is 35.5 Å². The number of benzene rings is 1. The number of carbonyl (C=O) groups excluding carboxylic acids is 1. The number of nitrogens with zero attached hydrogens (tertiary/aromatic N) is 1. The molecule has 0 fully saturated rings. The van der Waals surface area contributed by atoms with Crippen LogP contribution in [0.1, 0.15) is 29.9 Å². The molecule has 0 saturated heterocycles. The third-order valence-corrected chi connectivity index (χ3v) is 3.17. The molecule has 0 saturated carbocycles. The van der Waals surface area contributed by atoms with Gasteiger partial charge in [-0.05, 0) is 13.0 Å². The van der Waals surface area contributed by atoms with Gasteiger partial charge in [0.25, 0.3) is 0 Å². The molecule has 2 heteroatoms. The number of fused-ring (bicyclic) bond motifs is 1. The van der Waals surface area contributed by atoms with Crippen LogP contribution in [0.15, 0.2) is 24.3 Å². The molecule has 0 unspecified atom stereocenters. The maximum absolute atomic E-state index is 12.2. The average molecular weight is 215 g/mol. The molecule has 2 nitrogen and oxygen atoms in total.